The summed E-state index contributed by atoms with van der Waals surface area (Å²) >= 11 is 0. The largest absolute Gasteiger partial charge is 0.367 e. The fourth-order valence-corrected chi connectivity index (χ4v) is 3.19. The van der Waals surface area contributed by atoms with Gasteiger partial charge >= 0.3 is 5.71 Å². The molecule has 0 saturated carbocycles. The molecule has 2 fully saturated rings. The normalized spacial score (nSPS) is 28.3. The van der Waals surface area contributed by atoms with Crippen molar-refractivity contribution in [3.05, 3.63) is 29.1 Å². The number of morpholine rings is 2. The van der Waals surface area contributed by atoms with Crippen LogP contribution in [0.4, 0.5) is 0 Å². The van der Waals surface area contributed by atoms with Crippen molar-refractivity contribution in [3.63, 3.8) is 0 Å². The van der Waals surface area contributed by atoms with Crippen LogP contribution in [0.25, 0.3) is 5.53 Å². The number of hydrogen-bond acceptors (Lipinski definition) is 6. The molecule has 1 aliphatic carbocycles. The van der Waals surface area contributed by atoms with Crippen molar-refractivity contribution < 1.29 is 23.7 Å². The quantitative estimate of drug-likeness (QED) is 0.547. The number of allylic oxidation sites excluding steroid dienone is 2. The maximum Gasteiger partial charge on any atom is 0.339 e. The van der Waals surface area contributed by atoms with Gasteiger partial charge in [-0.3, -0.25) is 0 Å². The van der Waals surface area contributed by atoms with Crippen LogP contribution in [0.15, 0.2) is 23.5 Å². The molecule has 2 heterocycles. The van der Waals surface area contributed by atoms with E-state index in [4.69, 9.17) is 18.9 Å². The van der Waals surface area contributed by atoms with E-state index in [1.807, 2.05) is 6.08 Å². The lowest BCUT2D eigenvalue weighted by Crippen LogP contribution is -2.45. The Kier molecular flexibility index (Phi) is 5.65. The summed E-state index contributed by atoms with van der Waals surface area (Å²) in [5, 5.41) is 0. The second-order valence-electron chi connectivity index (χ2n) is 5.88. The summed E-state index contributed by atoms with van der Waals surface area (Å²) in [5.74, 6) is 0. The molecule has 8 nitrogen and oxygen atoms in total. The average molecular weight is 336 g/mol. The Hall–Kier alpha value is -1.70. The van der Waals surface area contributed by atoms with Crippen LogP contribution >= 0.6 is 0 Å². The lowest BCUT2D eigenvalue weighted by atomic mass is 10.0. The molecule has 3 rings (SSSR count). The Labute approximate surface area is 141 Å². The number of hydrogen-bond donors (Lipinski definition) is 0. The highest BCUT2D eigenvalue weighted by Gasteiger charge is 2.31. The molecule has 3 aliphatic rings. The first-order valence-corrected chi connectivity index (χ1v) is 8.17. The predicted molar refractivity (Wildman–Crippen MR) is 86.1 cm³/mol. The molecule has 2 unspecified atom stereocenters. The molecule has 0 aromatic rings. The lowest BCUT2D eigenvalue weighted by Gasteiger charge is -2.37. The van der Waals surface area contributed by atoms with Crippen molar-refractivity contribution in [2.24, 2.45) is 0 Å². The molecule has 0 aromatic carbocycles. The Morgan fingerprint density at radius 1 is 1.08 bits per heavy atom. The van der Waals surface area contributed by atoms with E-state index in [0.717, 1.165) is 30.9 Å². The molecule has 2 saturated heterocycles. The van der Waals surface area contributed by atoms with Crippen LogP contribution in [0.1, 0.15) is 6.42 Å². The zero-order valence-electron chi connectivity index (χ0n) is 14.2. The molecule has 0 radical (unpaired) electrons. The molecular weight excluding hydrogens is 312 g/mol. The molecule has 0 bridgehead atoms. The molecule has 132 valence electrons. The summed E-state index contributed by atoms with van der Waals surface area (Å²) in [6.07, 6.45) is 4.33. The number of nitrogens with zero attached hydrogens (tertiary/aromatic N) is 4. The maximum absolute atomic E-state index is 9.47. The van der Waals surface area contributed by atoms with Gasteiger partial charge in [-0.1, -0.05) is 0 Å². The van der Waals surface area contributed by atoms with E-state index in [1.165, 1.54) is 0 Å². The topological polar surface area (TPSA) is 79.8 Å². The zero-order chi connectivity index (χ0) is 16.9. The van der Waals surface area contributed by atoms with Gasteiger partial charge in [-0.15, -0.1) is 0 Å². The third-order valence-electron chi connectivity index (χ3n) is 4.52. The summed E-state index contributed by atoms with van der Waals surface area (Å²) in [7, 11) is 3.28. The first-order chi connectivity index (χ1) is 11.7. The molecule has 8 heteroatoms. The van der Waals surface area contributed by atoms with Crippen molar-refractivity contribution in [2.45, 2.75) is 19.0 Å². The van der Waals surface area contributed by atoms with Crippen LogP contribution in [0, 0.1) is 0 Å². The molecular formula is C16H24N4O4. The molecule has 0 N–H and O–H groups in total. The highest BCUT2D eigenvalue weighted by Crippen LogP contribution is 2.24. The van der Waals surface area contributed by atoms with Crippen LogP contribution in [-0.2, 0) is 18.9 Å². The Bertz CT molecular complexity index is 570. The summed E-state index contributed by atoms with van der Waals surface area (Å²) < 4.78 is 21.6. The zero-order valence-corrected chi connectivity index (χ0v) is 14.2. The summed E-state index contributed by atoms with van der Waals surface area (Å²) in [4.78, 5) is 7.85. The van der Waals surface area contributed by atoms with E-state index in [2.05, 4.69) is 20.7 Å². The van der Waals surface area contributed by atoms with Gasteiger partial charge in [-0.05, 0) is 6.08 Å². The molecule has 2 atom stereocenters. The van der Waals surface area contributed by atoms with Crippen LogP contribution in [0.5, 0.6) is 0 Å². The van der Waals surface area contributed by atoms with Crippen LogP contribution < -0.4 is 0 Å². The van der Waals surface area contributed by atoms with Gasteiger partial charge in [0.05, 0.1) is 26.3 Å². The van der Waals surface area contributed by atoms with Gasteiger partial charge in [-0.25, -0.2) is 0 Å². The van der Waals surface area contributed by atoms with Crippen molar-refractivity contribution in [1.29, 1.82) is 0 Å². The van der Waals surface area contributed by atoms with Gasteiger partial charge in [0.15, 0.2) is 12.6 Å². The van der Waals surface area contributed by atoms with E-state index in [9.17, 15) is 5.53 Å². The van der Waals surface area contributed by atoms with Gasteiger partial charge in [0.1, 0.15) is 5.70 Å². The lowest BCUT2D eigenvalue weighted by molar-refractivity contribution is -0.160. The second-order valence-corrected chi connectivity index (χ2v) is 5.88. The van der Waals surface area contributed by atoms with Crippen molar-refractivity contribution in [2.75, 3.05) is 53.6 Å². The minimum absolute atomic E-state index is 0.221. The third-order valence-corrected chi connectivity index (χ3v) is 4.52. The highest BCUT2D eigenvalue weighted by molar-refractivity contribution is 6.05. The van der Waals surface area contributed by atoms with Gasteiger partial charge in [-0.2, -0.15) is 4.79 Å². The van der Waals surface area contributed by atoms with Crippen LogP contribution in [0.2, 0.25) is 0 Å². The SMILES string of the molecule is COC1CN(C2=CC(=[N+]=[N-])C(N3CCOC(OC)C3)=CC2)CCO1. The van der Waals surface area contributed by atoms with Crippen molar-refractivity contribution in [1.82, 2.24) is 9.80 Å². The van der Waals surface area contributed by atoms with E-state index < -0.39 is 0 Å². The molecule has 0 amide bonds. The van der Waals surface area contributed by atoms with E-state index >= 15 is 0 Å². The highest BCUT2D eigenvalue weighted by atomic mass is 16.7. The van der Waals surface area contributed by atoms with Crippen LogP contribution in [0.3, 0.4) is 0 Å². The Balaban J connectivity index is 1.71. The maximum atomic E-state index is 9.47. The van der Waals surface area contributed by atoms with E-state index in [1.54, 1.807) is 14.2 Å². The number of methoxy groups -OCH3 is 2. The summed E-state index contributed by atoms with van der Waals surface area (Å²) in [6.45, 7) is 4.05. The number of ether oxygens (including phenoxy) is 4. The average Bonchev–Trinajstić information content (AvgIpc) is 2.67. The van der Waals surface area contributed by atoms with Gasteiger partial charge in [0, 0.05) is 45.5 Å². The minimum Gasteiger partial charge on any atom is -0.367 e. The molecule has 2 aliphatic heterocycles. The summed E-state index contributed by atoms with van der Waals surface area (Å²) in [5.41, 5.74) is 12.1. The summed E-state index contributed by atoms with van der Waals surface area (Å²) in [6, 6.07) is 0. The minimum atomic E-state index is -0.258. The van der Waals surface area contributed by atoms with E-state index in [-0.39, 0.29) is 12.6 Å². The molecule has 0 spiro atoms. The van der Waals surface area contributed by atoms with Crippen LogP contribution in [-0.4, -0.2) is 86.5 Å². The van der Waals surface area contributed by atoms with Gasteiger partial charge < -0.3 is 34.3 Å². The standard InChI is InChI=1S/C16H24N4O4/c1-21-15-10-19(5-7-23-15)12-3-4-14(13(9-12)18-17)20-6-8-24-16(11-20)22-2/h4,9,15-16H,3,5-8,10-11H2,1-2H3. The first-order valence-electron chi connectivity index (χ1n) is 8.17. The van der Waals surface area contributed by atoms with E-state index in [0.29, 0.717) is 32.0 Å². The molecule has 24 heavy (non-hydrogen) atoms. The Morgan fingerprint density at radius 2 is 1.71 bits per heavy atom. The fourth-order valence-electron chi connectivity index (χ4n) is 3.19. The fraction of sp³-hybridized carbons (Fsp3) is 0.688. The first kappa shape index (κ1) is 17.1. The monoisotopic (exact) mass is 336 g/mol. The molecule has 0 aromatic heterocycles. The predicted octanol–water partition coefficient (Wildman–Crippen LogP) is 0.438. The third kappa shape index (κ3) is 3.68. The van der Waals surface area contributed by atoms with Gasteiger partial charge in [0.25, 0.3) is 0 Å². The number of rotatable bonds is 4. The smallest absolute Gasteiger partial charge is 0.339 e. The van der Waals surface area contributed by atoms with Gasteiger partial charge in [0.2, 0.25) is 0 Å². The van der Waals surface area contributed by atoms with Crippen molar-refractivity contribution in [3.8, 4) is 0 Å². The van der Waals surface area contributed by atoms with Crippen molar-refractivity contribution >= 4 is 5.71 Å². The second kappa shape index (κ2) is 7.92. The Morgan fingerprint density at radius 3 is 2.33 bits per heavy atom.